The van der Waals surface area contributed by atoms with Crippen LogP contribution >= 0.6 is 0 Å². The van der Waals surface area contributed by atoms with Crippen molar-refractivity contribution in [2.24, 2.45) is 0 Å². The summed E-state index contributed by atoms with van der Waals surface area (Å²) in [7, 11) is 1.66. The minimum Gasteiger partial charge on any atom is -0.493 e. The third-order valence-electron chi connectivity index (χ3n) is 6.57. The van der Waals surface area contributed by atoms with Gasteiger partial charge in [-0.25, -0.2) is 4.39 Å². The molecule has 1 unspecified atom stereocenters. The minimum absolute atomic E-state index is 0.266. The predicted molar refractivity (Wildman–Crippen MR) is 111 cm³/mol. The molecule has 1 N–H and O–H groups in total. The molecule has 0 saturated carbocycles. The average molecular weight is 400 g/mol. The summed E-state index contributed by atoms with van der Waals surface area (Å²) in [6.07, 6.45) is 3.54. The van der Waals surface area contributed by atoms with E-state index < -0.39 is 5.60 Å². The van der Waals surface area contributed by atoms with E-state index in [9.17, 15) is 9.50 Å². The highest BCUT2D eigenvalue weighted by Gasteiger charge is 2.48. The van der Waals surface area contributed by atoms with Gasteiger partial charge in [-0.05, 0) is 80.5 Å². The fraction of sp³-hybridized carbons (Fsp3) is 0.500. The molecule has 156 valence electrons. The number of aliphatic hydroxyl groups is 1. The van der Waals surface area contributed by atoms with Gasteiger partial charge in [-0.3, -0.25) is 4.90 Å². The summed E-state index contributed by atoms with van der Waals surface area (Å²) in [5, 5.41) is 11.3. The number of nitrogens with zero attached hydrogens (tertiary/aromatic N) is 1. The van der Waals surface area contributed by atoms with Crippen molar-refractivity contribution in [2.75, 3.05) is 13.7 Å². The summed E-state index contributed by atoms with van der Waals surface area (Å²) in [4.78, 5) is 2.53. The van der Waals surface area contributed by atoms with Gasteiger partial charge in [0.15, 0.2) is 11.5 Å². The van der Waals surface area contributed by atoms with Gasteiger partial charge >= 0.3 is 0 Å². The van der Waals surface area contributed by atoms with Gasteiger partial charge in [0.2, 0.25) is 0 Å². The minimum atomic E-state index is -0.874. The summed E-state index contributed by atoms with van der Waals surface area (Å²) in [6.45, 7) is 5.51. The molecule has 2 fully saturated rings. The number of hydrogen-bond acceptors (Lipinski definition) is 4. The van der Waals surface area contributed by atoms with Crippen LogP contribution in [0, 0.1) is 12.7 Å². The Hall–Kier alpha value is -2.11. The molecule has 0 aromatic heterocycles. The van der Waals surface area contributed by atoms with Crippen LogP contribution in [0.5, 0.6) is 11.5 Å². The number of hydrogen-bond donors (Lipinski definition) is 1. The molecular formula is C24H30FNO3. The summed E-state index contributed by atoms with van der Waals surface area (Å²) in [6, 6.07) is 11.1. The maximum Gasteiger partial charge on any atom is 0.161 e. The molecule has 2 aromatic rings. The van der Waals surface area contributed by atoms with Crippen molar-refractivity contribution < 1.29 is 19.0 Å². The van der Waals surface area contributed by atoms with Gasteiger partial charge in [0.05, 0.1) is 19.3 Å². The average Bonchev–Trinajstić information content (AvgIpc) is 2.94. The van der Waals surface area contributed by atoms with Crippen LogP contribution in [0.1, 0.15) is 49.3 Å². The highest BCUT2D eigenvalue weighted by atomic mass is 19.1. The first-order valence-electron chi connectivity index (χ1n) is 10.5. The van der Waals surface area contributed by atoms with Crippen LogP contribution in [0.3, 0.4) is 0 Å². The van der Waals surface area contributed by atoms with Gasteiger partial charge in [0, 0.05) is 18.6 Å². The third-order valence-corrected chi connectivity index (χ3v) is 6.57. The molecule has 5 heteroatoms. The summed E-state index contributed by atoms with van der Waals surface area (Å²) >= 11 is 0. The number of ether oxygens (including phenoxy) is 2. The Bertz CT molecular complexity index is 853. The fourth-order valence-corrected chi connectivity index (χ4v) is 5.07. The van der Waals surface area contributed by atoms with Crippen LogP contribution in [0.15, 0.2) is 36.4 Å². The van der Waals surface area contributed by atoms with Crippen LogP contribution < -0.4 is 9.47 Å². The van der Waals surface area contributed by atoms with Crippen LogP contribution in [0.4, 0.5) is 4.39 Å². The number of piperidine rings is 1. The molecule has 0 amide bonds. The van der Waals surface area contributed by atoms with Crippen molar-refractivity contribution in [1.82, 2.24) is 4.90 Å². The lowest BCUT2D eigenvalue weighted by molar-refractivity contribution is -0.0595. The quantitative estimate of drug-likeness (QED) is 0.773. The molecule has 0 aliphatic carbocycles. The van der Waals surface area contributed by atoms with Gasteiger partial charge in [-0.15, -0.1) is 0 Å². The molecule has 2 aliphatic rings. The monoisotopic (exact) mass is 399 g/mol. The largest absolute Gasteiger partial charge is 0.493 e. The maximum absolute atomic E-state index is 13.3. The third kappa shape index (κ3) is 3.86. The summed E-state index contributed by atoms with van der Waals surface area (Å²) in [5.41, 5.74) is 2.37. The van der Waals surface area contributed by atoms with E-state index in [-0.39, 0.29) is 5.82 Å². The van der Waals surface area contributed by atoms with Crippen molar-refractivity contribution in [3.8, 4) is 11.5 Å². The molecule has 2 heterocycles. The number of methoxy groups -OCH3 is 1. The molecule has 0 radical (unpaired) electrons. The maximum atomic E-state index is 13.3. The Morgan fingerprint density at radius 2 is 1.76 bits per heavy atom. The molecule has 0 spiro atoms. The van der Waals surface area contributed by atoms with Crippen LogP contribution in [0.25, 0.3) is 0 Å². The first-order chi connectivity index (χ1) is 13.9. The van der Waals surface area contributed by atoms with Gasteiger partial charge in [0.25, 0.3) is 0 Å². The van der Waals surface area contributed by atoms with E-state index in [2.05, 4.69) is 17.9 Å². The molecule has 2 bridgehead atoms. The molecular weight excluding hydrogens is 369 g/mol. The van der Waals surface area contributed by atoms with Gasteiger partial charge in [-0.1, -0.05) is 12.1 Å². The van der Waals surface area contributed by atoms with E-state index in [1.165, 1.54) is 23.3 Å². The van der Waals surface area contributed by atoms with E-state index in [0.717, 1.165) is 36.4 Å². The Balaban J connectivity index is 1.55. The molecule has 2 saturated heterocycles. The van der Waals surface area contributed by atoms with Crippen molar-refractivity contribution >= 4 is 0 Å². The first kappa shape index (κ1) is 20.2. The Morgan fingerprint density at radius 1 is 1.10 bits per heavy atom. The van der Waals surface area contributed by atoms with Crippen molar-refractivity contribution in [3.05, 3.63) is 58.9 Å². The van der Waals surface area contributed by atoms with E-state index in [1.54, 1.807) is 19.2 Å². The lowest BCUT2D eigenvalue weighted by Gasteiger charge is -2.44. The fourth-order valence-electron chi connectivity index (χ4n) is 5.07. The lowest BCUT2D eigenvalue weighted by atomic mass is 9.80. The second-order valence-corrected chi connectivity index (χ2v) is 8.37. The number of rotatable bonds is 6. The van der Waals surface area contributed by atoms with E-state index >= 15 is 0 Å². The lowest BCUT2D eigenvalue weighted by Crippen LogP contribution is -2.49. The zero-order valence-electron chi connectivity index (χ0n) is 17.5. The van der Waals surface area contributed by atoms with Gasteiger partial charge in [0.1, 0.15) is 5.82 Å². The van der Waals surface area contributed by atoms with Gasteiger partial charge < -0.3 is 14.6 Å². The molecule has 4 nitrogen and oxygen atoms in total. The first-order valence-corrected chi connectivity index (χ1v) is 10.5. The topological polar surface area (TPSA) is 41.9 Å². The number of benzene rings is 2. The van der Waals surface area contributed by atoms with Crippen molar-refractivity contribution in [3.63, 3.8) is 0 Å². The van der Waals surface area contributed by atoms with E-state index in [1.807, 2.05) is 13.0 Å². The van der Waals surface area contributed by atoms with Crippen molar-refractivity contribution in [1.29, 1.82) is 0 Å². The zero-order chi connectivity index (χ0) is 20.6. The SMILES string of the molecule is CCOc1cc(CN2[C@@H]3CC[C@H]2CC(O)(c2ccc(F)cc2)C3)c(C)cc1OC. The number of fused-ring (bicyclic) bond motifs is 2. The van der Waals surface area contributed by atoms with Crippen LogP contribution in [-0.2, 0) is 12.1 Å². The second-order valence-electron chi connectivity index (χ2n) is 8.37. The Morgan fingerprint density at radius 3 is 2.34 bits per heavy atom. The second kappa shape index (κ2) is 7.96. The van der Waals surface area contributed by atoms with E-state index in [4.69, 9.17) is 9.47 Å². The molecule has 2 aromatic carbocycles. The predicted octanol–water partition coefficient (Wildman–Crippen LogP) is 4.56. The Labute approximate surface area is 172 Å². The number of halogens is 1. The molecule has 4 rings (SSSR count). The number of aryl methyl sites for hydroxylation is 1. The van der Waals surface area contributed by atoms with Crippen LogP contribution in [-0.4, -0.2) is 35.8 Å². The normalized spacial score (nSPS) is 26.5. The molecule has 2 aliphatic heterocycles. The molecule has 3 atom stereocenters. The summed E-state index contributed by atoms with van der Waals surface area (Å²) in [5.74, 6) is 1.28. The van der Waals surface area contributed by atoms with Gasteiger partial charge in [-0.2, -0.15) is 0 Å². The smallest absolute Gasteiger partial charge is 0.161 e. The standard InChI is InChI=1S/C24H30FNO3/c1-4-29-23-12-17(16(2)11-22(23)28-3)15-26-20-9-10-21(26)14-24(27,13-20)18-5-7-19(25)8-6-18/h5-8,11-12,20-21,27H,4,9-10,13-15H2,1-3H3/t20-,21+,24?. The summed E-state index contributed by atoms with van der Waals surface area (Å²) < 4.78 is 24.6. The van der Waals surface area contributed by atoms with E-state index in [0.29, 0.717) is 31.5 Å². The molecule has 29 heavy (non-hydrogen) atoms. The van der Waals surface area contributed by atoms with Crippen molar-refractivity contribution in [2.45, 2.75) is 63.8 Å². The highest BCUT2D eigenvalue weighted by molar-refractivity contribution is 5.47. The van der Waals surface area contributed by atoms with Crippen LogP contribution in [0.2, 0.25) is 0 Å². The Kier molecular flexibility index (Phi) is 5.54. The zero-order valence-corrected chi connectivity index (χ0v) is 17.5. The highest BCUT2D eigenvalue weighted by Crippen LogP contribution is 2.46.